The Hall–Kier alpha value is -5.35. The first-order valence-corrected chi connectivity index (χ1v) is 40.3. The molecule has 0 aliphatic carbocycles. The maximum atomic E-state index is 13.0. The molecule has 0 aromatic carbocycles. The van der Waals surface area contributed by atoms with Crippen LogP contribution in [-0.4, -0.2) is 87.4 Å². The Morgan fingerprint density at radius 3 is 0.828 bits per heavy atom. The van der Waals surface area contributed by atoms with Gasteiger partial charge in [0.1, 0.15) is 13.2 Å². The third kappa shape index (κ3) is 79.8. The number of hydrogen-bond acceptors (Lipinski definition) is 7. The molecule has 0 aliphatic rings. The molecule has 0 fully saturated rings. The van der Waals surface area contributed by atoms with Gasteiger partial charge in [-0.15, -0.1) is 0 Å². The molecule has 2 atom stereocenters. The average Bonchev–Trinajstić information content (AvgIpc) is 1.57. The summed E-state index contributed by atoms with van der Waals surface area (Å²) < 4.78 is 23.0. The lowest BCUT2D eigenvalue weighted by atomic mass is 10.0. The first kappa shape index (κ1) is 93.6. The second-order valence-corrected chi connectivity index (χ2v) is 27.6. The van der Waals surface area contributed by atoms with Gasteiger partial charge in [0.15, 0.2) is 6.10 Å². The van der Waals surface area contributed by atoms with Crippen molar-refractivity contribution in [1.82, 2.24) is 0 Å². The molecule has 0 amide bonds. The van der Waals surface area contributed by atoms with E-state index in [0.717, 1.165) is 122 Å². The van der Waals surface area contributed by atoms with Gasteiger partial charge < -0.3 is 28.5 Å². The summed E-state index contributed by atoms with van der Waals surface area (Å²) in [6.07, 6.45) is 115. The number of carboxylic acids is 1. The number of esters is 2. The highest BCUT2D eigenvalue weighted by atomic mass is 16.7. The van der Waals surface area contributed by atoms with Gasteiger partial charge in [-0.3, -0.25) is 9.59 Å². The predicted octanol–water partition coefficient (Wildman–Crippen LogP) is 26.1. The molecule has 9 heteroatoms. The van der Waals surface area contributed by atoms with Crippen molar-refractivity contribution in [3.8, 4) is 0 Å². The zero-order valence-corrected chi connectivity index (χ0v) is 64.3. The molecule has 0 heterocycles. The van der Waals surface area contributed by atoms with E-state index in [2.05, 4.69) is 184 Å². The molecule has 0 rings (SSSR count). The molecule has 562 valence electrons. The van der Waals surface area contributed by atoms with Crippen LogP contribution >= 0.6 is 0 Å². The topological polar surface area (TPSA) is 108 Å². The highest BCUT2D eigenvalue weighted by Gasteiger charge is 2.25. The first-order chi connectivity index (χ1) is 48.6. The van der Waals surface area contributed by atoms with E-state index in [9.17, 15) is 19.5 Å². The second-order valence-electron chi connectivity index (χ2n) is 27.6. The Bertz CT molecular complexity index is 2240. The van der Waals surface area contributed by atoms with E-state index in [4.69, 9.17) is 18.9 Å². The maximum absolute atomic E-state index is 13.0. The SMILES string of the molecule is CC/C=C\C/C=C\C/C=C\C/C=C\C/C=C\C/C=C\C/C=C\C/C=C\C/C=C\C/C=C\CCCCC(=O)OC(COC(=O)CCCCCCCCCCCCCCCCCCCCCCCCCCCCCC/C=C\C/C=C\C/C=C\C/C=C\CC)COC(OCC[N+](C)(C)C)C(=O)O. The minimum absolute atomic E-state index is 0.172. The summed E-state index contributed by atoms with van der Waals surface area (Å²) in [7, 11) is 5.96. The minimum atomic E-state index is -1.53. The van der Waals surface area contributed by atoms with Crippen LogP contribution in [0.5, 0.6) is 0 Å². The van der Waals surface area contributed by atoms with Gasteiger partial charge >= 0.3 is 17.9 Å². The maximum Gasteiger partial charge on any atom is 0.361 e. The molecule has 0 spiro atoms. The molecule has 2 unspecified atom stereocenters. The fourth-order valence-electron chi connectivity index (χ4n) is 10.9. The number of hydrogen-bond donors (Lipinski definition) is 1. The third-order valence-electron chi connectivity index (χ3n) is 17.0. The molecule has 0 aliphatic heterocycles. The normalized spacial score (nSPS) is 13.6. The second kappa shape index (κ2) is 78.4. The van der Waals surface area contributed by atoms with Crippen molar-refractivity contribution < 1.29 is 42.9 Å². The molecule has 99 heavy (non-hydrogen) atoms. The lowest BCUT2D eigenvalue weighted by Crippen LogP contribution is -2.40. The van der Waals surface area contributed by atoms with Gasteiger partial charge in [-0.05, 0) is 128 Å². The fraction of sp³-hybridized carbons (Fsp3) is 0.656. The van der Waals surface area contributed by atoms with Crippen molar-refractivity contribution in [3.63, 3.8) is 0 Å². The fourth-order valence-corrected chi connectivity index (χ4v) is 10.9. The summed E-state index contributed by atoms with van der Waals surface area (Å²) in [4.78, 5) is 37.7. The standard InChI is InChI=1S/C90H149NO8/c1-6-8-10-12-14-16-18-20-22-24-26-28-30-32-34-36-38-40-41-42-43-44-45-46-47-49-50-52-54-56-58-60-62-64-66-68-70-72-74-76-78-80-87(92)97-84-86(85-98-90(89(94)95)96-83-82-91(3,4)5)99-88(93)81-79-77-75-73-71-69-67-65-63-61-59-57-55-53-51-48-39-37-35-33-31-29-27-25-23-21-19-17-15-13-11-9-7-2/h8-11,14-17,20-23,26-29,33,35,39,48,53,55,59,61,65,67,71,73,86,90H,6-7,12-13,18-19,24-25,30-32,34,36-38,40-47,49-52,54,56-58,60,62-64,66,68-70,72,74-85H2,1-5H3/p+1/b10-8-,11-9-,16-14-,17-15-,22-20-,23-21-,28-26-,29-27-,35-33-,48-39-,55-53-,61-59-,67-65-,73-71-. The zero-order chi connectivity index (χ0) is 71.8. The van der Waals surface area contributed by atoms with Gasteiger partial charge in [-0.2, -0.15) is 0 Å². The zero-order valence-electron chi connectivity index (χ0n) is 64.3. The van der Waals surface area contributed by atoms with Crippen LogP contribution in [0.25, 0.3) is 0 Å². The van der Waals surface area contributed by atoms with Crippen molar-refractivity contribution in [3.05, 3.63) is 170 Å². The predicted molar refractivity (Wildman–Crippen MR) is 428 cm³/mol. The van der Waals surface area contributed by atoms with Gasteiger partial charge in [-0.1, -0.05) is 351 Å². The lowest BCUT2D eigenvalue weighted by molar-refractivity contribution is -0.870. The van der Waals surface area contributed by atoms with E-state index in [1.807, 2.05) is 21.1 Å². The number of nitrogens with zero attached hydrogens (tertiary/aromatic N) is 1. The molecule has 0 saturated heterocycles. The lowest BCUT2D eigenvalue weighted by Gasteiger charge is -2.25. The van der Waals surface area contributed by atoms with E-state index >= 15 is 0 Å². The monoisotopic (exact) mass is 1370 g/mol. The number of aliphatic carboxylic acids is 1. The van der Waals surface area contributed by atoms with Gasteiger partial charge in [0.2, 0.25) is 0 Å². The summed E-state index contributed by atoms with van der Waals surface area (Å²) in [5.74, 6) is -2.07. The van der Waals surface area contributed by atoms with E-state index in [-0.39, 0.29) is 38.6 Å². The summed E-state index contributed by atoms with van der Waals surface area (Å²) >= 11 is 0. The third-order valence-corrected chi connectivity index (χ3v) is 17.0. The smallest absolute Gasteiger partial charge is 0.361 e. The van der Waals surface area contributed by atoms with Crippen LogP contribution in [0, 0.1) is 0 Å². The summed E-state index contributed by atoms with van der Waals surface area (Å²) in [6, 6.07) is 0. The van der Waals surface area contributed by atoms with Crippen LogP contribution < -0.4 is 0 Å². The molecule has 0 aromatic heterocycles. The van der Waals surface area contributed by atoms with Gasteiger partial charge in [0.05, 0.1) is 34.4 Å². The Morgan fingerprint density at radius 1 is 0.303 bits per heavy atom. The number of allylic oxidation sites excluding steroid dienone is 28. The van der Waals surface area contributed by atoms with Crippen molar-refractivity contribution in [2.45, 2.75) is 334 Å². The van der Waals surface area contributed by atoms with Crippen LogP contribution in [0.4, 0.5) is 0 Å². The van der Waals surface area contributed by atoms with Crippen LogP contribution in [0.15, 0.2) is 170 Å². The van der Waals surface area contributed by atoms with E-state index < -0.39 is 24.3 Å². The van der Waals surface area contributed by atoms with Crippen LogP contribution in [-0.2, 0) is 33.3 Å². The molecular formula is C90H150NO8+. The molecule has 0 saturated carbocycles. The number of rotatable bonds is 73. The Balaban J connectivity index is 4.08. The molecule has 0 radical (unpaired) electrons. The Labute approximate surface area is 609 Å². The number of ether oxygens (including phenoxy) is 4. The largest absolute Gasteiger partial charge is 0.477 e. The van der Waals surface area contributed by atoms with Gasteiger partial charge in [0.25, 0.3) is 6.29 Å². The average molecular weight is 1370 g/mol. The first-order valence-electron chi connectivity index (χ1n) is 40.3. The number of likely N-dealkylation sites (N-methyl/N-ethyl adjacent to an activating group) is 1. The quantitative estimate of drug-likeness (QED) is 0.0211. The van der Waals surface area contributed by atoms with Crippen LogP contribution in [0.1, 0.15) is 322 Å². The van der Waals surface area contributed by atoms with Crippen molar-refractivity contribution >= 4 is 17.9 Å². The van der Waals surface area contributed by atoms with Crippen molar-refractivity contribution in [2.24, 2.45) is 0 Å². The van der Waals surface area contributed by atoms with Gasteiger partial charge in [-0.25, -0.2) is 4.79 Å². The Kier molecular flexibility index (Phi) is 74.1. The number of carbonyl (C=O) groups excluding carboxylic acids is 2. The molecule has 0 bridgehead atoms. The highest BCUT2D eigenvalue weighted by Crippen LogP contribution is 2.18. The van der Waals surface area contributed by atoms with Crippen LogP contribution in [0.2, 0.25) is 0 Å². The molecule has 9 nitrogen and oxygen atoms in total. The number of carbonyl (C=O) groups is 3. The molecule has 1 N–H and O–H groups in total. The summed E-state index contributed by atoms with van der Waals surface area (Å²) in [5, 5.41) is 9.77. The number of quaternary nitrogens is 1. The number of unbranched alkanes of at least 4 members (excludes halogenated alkanes) is 30. The molecule has 0 aromatic rings. The van der Waals surface area contributed by atoms with E-state index in [1.54, 1.807) is 0 Å². The van der Waals surface area contributed by atoms with Crippen LogP contribution in [0.3, 0.4) is 0 Å². The Morgan fingerprint density at radius 2 is 0.545 bits per heavy atom. The van der Waals surface area contributed by atoms with Gasteiger partial charge in [0, 0.05) is 12.8 Å². The summed E-state index contributed by atoms with van der Waals surface area (Å²) in [6.45, 7) is 4.61. The van der Waals surface area contributed by atoms with Crippen molar-refractivity contribution in [2.75, 3.05) is 47.5 Å². The highest BCUT2D eigenvalue weighted by molar-refractivity contribution is 5.71. The number of carboxylic acid groups (broad SMARTS) is 1. The van der Waals surface area contributed by atoms with E-state index in [0.29, 0.717) is 17.4 Å². The van der Waals surface area contributed by atoms with E-state index in [1.165, 1.54) is 167 Å². The summed E-state index contributed by atoms with van der Waals surface area (Å²) in [5.41, 5.74) is 0. The van der Waals surface area contributed by atoms with Crippen molar-refractivity contribution in [1.29, 1.82) is 0 Å². The molecular weight excluding hydrogens is 1220 g/mol. The minimum Gasteiger partial charge on any atom is -0.477 e.